The van der Waals surface area contributed by atoms with Crippen LogP contribution in [0.3, 0.4) is 0 Å². The van der Waals surface area contributed by atoms with Gasteiger partial charge in [-0.3, -0.25) is 9.59 Å². The number of rotatable bonds is 6. The van der Waals surface area contributed by atoms with Crippen LogP contribution in [0.5, 0.6) is 0 Å². The predicted octanol–water partition coefficient (Wildman–Crippen LogP) is 4.97. The number of amides is 1. The van der Waals surface area contributed by atoms with Crippen molar-refractivity contribution in [2.75, 3.05) is 23.7 Å². The molecule has 1 amide bonds. The summed E-state index contributed by atoms with van der Waals surface area (Å²) in [6.07, 6.45) is -1.16. The zero-order valence-corrected chi connectivity index (χ0v) is 23.4. The number of nitrogens with one attached hydrogen (secondary N) is 2. The fourth-order valence-electron chi connectivity index (χ4n) is 4.74. The molecular weight excluding hydrogens is 573 g/mol. The zero-order valence-electron chi connectivity index (χ0n) is 22.6. The Morgan fingerprint density at radius 1 is 1.10 bits per heavy atom. The molecule has 0 saturated carbocycles. The van der Waals surface area contributed by atoms with E-state index in [0.29, 0.717) is 28.1 Å². The number of carbonyl (C=O) groups excluding carboxylic acids is 1. The van der Waals surface area contributed by atoms with Gasteiger partial charge in [-0.1, -0.05) is 23.7 Å². The summed E-state index contributed by atoms with van der Waals surface area (Å²) in [6, 6.07) is 11.6. The van der Waals surface area contributed by atoms with E-state index in [4.69, 9.17) is 11.6 Å². The molecule has 4 heterocycles. The van der Waals surface area contributed by atoms with Gasteiger partial charge in [0.25, 0.3) is 11.5 Å². The lowest BCUT2D eigenvalue weighted by Gasteiger charge is -2.39. The highest BCUT2D eigenvalue weighted by atomic mass is 35.5. The van der Waals surface area contributed by atoms with Crippen molar-refractivity contribution < 1.29 is 18.0 Å². The van der Waals surface area contributed by atoms with Crippen molar-refractivity contribution in [3.8, 4) is 6.07 Å². The molecule has 42 heavy (non-hydrogen) atoms. The van der Waals surface area contributed by atoms with Crippen LogP contribution in [-0.4, -0.2) is 49.6 Å². The van der Waals surface area contributed by atoms with Crippen LogP contribution < -0.4 is 16.2 Å². The molecule has 0 aliphatic carbocycles. The standard InChI is InChI=1S/C28H24ClF3N8O2/c1-27(2,26-34-8-5-9-35-26)38-20-11-22(41)39(3)23-16(20)6-4-7-18(23)36-19-10-21(37-24(29)17(19)12-33)25(42)40-13-15(14-40)28(30,31)32/h4-11,15,38H,13-14H2,1-3H3,(H,36,37). The SMILES string of the molecule is Cn1c(=O)cc(NC(C)(C)c2ncccn2)c2cccc(Nc3cc(C(=O)N4CC(C(F)(F)F)C4)nc(Cl)c3C#N)c21. The second kappa shape index (κ2) is 10.6. The van der Waals surface area contributed by atoms with Gasteiger partial charge in [-0.2, -0.15) is 18.4 Å². The van der Waals surface area contributed by atoms with E-state index in [0.717, 1.165) is 4.90 Å². The van der Waals surface area contributed by atoms with E-state index in [1.165, 1.54) is 16.7 Å². The highest BCUT2D eigenvalue weighted by Gasteiger charge is 2.49. The van der Waals surface area contributed by atoms with Crippen molar-refractivity contribution in [1.29, 1.82) is 5.26 Å². The van der Waals surface area contributed by atoms with Gasteiger partial charge in [0.2, 0.25) is 0 Å². The van der Waals surface area contributed by atoms with Crippen molar-refractivity contribution in [2.24, 2.45) is 13.0 Å². The molecule has 4 aromatic rings. The maximum Gasteiger partial charge on any atom is 0.395 e. The number of pyridine rings is 2. The summed E-state index contributed by atoms with van der Waals surface area (Å²) in [6.45, 7) is 2.77. The molecule has 5 rings (SSSR count). The van der Waals surface area contributed by atoms with Gasteiger partial charge in [0.15, 0.2) is 5.82 Å². The average Bonchev–Trinajstić information content (AvgIpc) is 2.90. The number of halogens is 4. The topological polar surface area (TPSA) is 129 Å². The average molecular weight is 597 g/mol. The molecule has 1 aliphatic rings. The number of likely N-dealkylation sites (tertiary alicyclic amines) is 1. The first-order chi connectivity index (χ1) is 19.8. The number of nitrogens with zero attached hydrogens (tertiary/aromatic N) is 6. The Balaban J connectivity index is 1.54. The maximum atomic E-state index is 13.1. The Morgan fingerprint density at radius 2 is 1.79 bits per heavy atom. The fourth-order valence-corrected chi connectivity index (χ4v) is 4.97. The highest BCUT2D eigenvalue weighted by Crippen LogP contribution is 2.36. The van der Waals surface area contributed by atoms with E-state index in [1.807, 2.05) is 26.0 Å². The third-order valence-corrected chi connectivity index (χ3v) is 7.31. The van der Waals surface area contributed by atoms with E-state index < -0.39 is 36.6 Å². The Labute approximate surface area is 242 Å². The molecular formula is C28H24ClF3N8O2. The second-order valence-electron chi connectivity index (χ2n) is 10.4. The lowest BCUT2D eigenvalue weighted by Crippen LogP contribution is -2.55. The molecule has 10 nitrogen and oxygen atoms in total. The Morgan fingerprint density at radius 3 is 2.43 bits per heavy atom. The van der Waals surface area contributed by atoms with E-state index in [9.17, 15) is 28.0 Å². The third kappa shape index (κ3) is 5.33. The number of fused-ring (bicyclic) bond motifs is 1. The minimum atomic E-state index is -4.40. The van der Waals surface area contributed by atoms with Crippen LogP contribution >= 0.6 is 11.6 Å². The van der Waals surface area contributed by atoms with Gasteiger partial charge in [0.05, 0.1) is 28.3 Å². The number of para-hydroxylation sites is 1. The first kappa shape index (κ1) is 28.8. The van der Waals surface area contributed by atoms with Gasteiger partial charge in [-0.25, -0.2) is 15.0 Å². The Kier molecular flexibility index (Phi) is 7.28. The van der Waals surface area contributed by atoms with Crippen molar-refractivity contribution in [1.82, 2.24) is 24.4 Å². The third-order valence-electron chi connectivity index (χ3n) is 7.04. The molecule has 0 unspecified atom stereocenters. The number of hydrogen-bond acceptors (Lipinski definition) is 8. The number of anilines is 3. The van der Waals surface area contributed by atoms with E-state index in [2.05, 4.69) is 25.6 Å². The van der Waals surface area contributed by atoms with Gasteiger partial charge in [0.1, 0.15) is 22.5 Å². The van der Waals surface area contributed by atoms with Crippen LogP contribution in [0.1, 0.15) is 35.7 Å². The molecule has 0 atom stereocenters. The van der Waals surface area contributed by atoms with E-state index in [1.54, 1.807) is 37.6 Å². The molecule has 0 bridgehead atoms. The van der Waals surface area contributed by atoms with Crippen molar-refractivity contribution >= 4 is 45.5 Å². The van der Waals surface area contributed by atoms with Gasteiger partial charge in [-0.05, 0) is 32.0 Å². The number of alkyl halides is 3. The number of carbonyl (C=O) groups is 1. The number of benzene rings is 1. The van der Waals surface area contributed by atoms with Crippen LogP contribution in [-0.2, 0) is 12.6 Å². The maximum absolute atomic E-state index is 13.1. The van der Waals surface area contributed by atoms with Crippen LogP contribution in [0.4, 0.5) is 30.2 Å². The molecule has 3 aromatic heterocycles. The minimum absolute atomic E-state index is 0.0800. The van der Waals surface area contributed by atoms with Gasteiger partial charge < -0.3 is 20.1 Å². The molecule has 0 radical (unpaired) electrons. The highest BCUT2D eigenvalue weighted by molar-refractivity contribution is 6.31. The fraction of sp³-hybridized carbons (Fsp3) is 0.286. The quantitative estimate of drug-likeness (QED) is 0.298. The summed E-state index contributed by atoms with van der Waals surface area (Å²) in [4.78, 5) is 39.6. The smallest absolute Gasteiger partial charge is 0.372 e. The molecule has 1 aliphatic heterocycles. The minimum Gasteiger partial charge on any atom is -0.372 e. The summed E-state index contributed by atoms with van der Waals surface area (Å²) in [5.74, 6) is -1.84. The van der Waals surface area contributed by atoms with Gasteiger partial charge in [-0.15, -0.1) is 0 Å². The molecule has 1 fully saturated rings. The van der Waals surface area contributed by atoms with Crippen molar-refractivity contribution in [2.45, 2.75) is 25.6 Å². The lowest BCUT2D eigenvalue weighted by atomic mass is 9.99. The lowest BCUT2D eigenvalue weighted by molar-refractivity contribution is -0.202. The van der Waals surface area contributed by atoms with E-state index >= 15 is 0 Å². The van der Waals surface area contributed by atoms with Crippen molar-refractivity contribution in [3.05, 3.63) is 81.4 Å². The largest absolute Gasteiger partial charge is 0.395 e. The summed E-state index contributed by atoms with van der Waals surface area (Å²) in [5.41, 5.74) is 0.103. The monoisotopic (exact) mass is 596 g/mol. The summed E-state index contributed by atoms with van der Waals surface area (Å²) >= 11 is 6.24. The van der Waals surface area contributed by atoms with Crippen molar-refractivity contribution in [3.63, 3.8) is 0 Å². The molecule has 1 aromatic carbocycles. The van der Waals surface area contributed by atoms with Crippen LogP contribution in [0.25, 0.3) is 10.9 Å². The molecule has 1 saturated heterocycles. The Bertz CT molecular complexity index is 1800. The molecule has 2 N–H and O–H groups in total. The second-order valence-corrected chi connectivity index (χ2v) is 10.7. The summed E-state index contributed by atoms with van der Waals surface area (Å²) in [7, 11) is 1.59. The predicted molar refractivity (Wildman–Crippen MR) is 151 cm³/mol. The number of nitriles is 1. The Hall–Kier alpha value is -4.70. The van der Waals surface area contributed by atoms with E-state index in [-0.39, 0.29) is 27.7 Å². The normalized spacial score (nSPS) is 13.9. The molecule has 0 spiro atoms. The van der Waals surface area contributed by atoms with Crippen LogP contribution in [0, 0.1) is 17.2 Å². The summed E-state index contributed by atoms with van der Waals surface area (Å²) in [5, 5.41) is 16.6. The first-order valence-electron chi connectivity index (χ1n) is 12.7. The van der Waals surface area contributed by atoms with Gasteiger partial charge >= 0.3 is 6.18 Å². The van der Waals surface area contributed by atoms with Crippen LogP contribution in [0.2, 0.25) is 5.15 Å². The zero-order chi connectivity index (χ0) is 30.4. The molecule has 14 heteroatoms. The number of aromatic nitrogens is 4. The summed E-state index contributed by atoms with van der Waals surface area (Å²) < 4.78 is 40.3. The first-order valence-corrected chi connectivity index (χ1v) is 13.1. The number of hydrogen-bond donors (Lipinski definition) is 2. The molecule has 216 valence electrons. The van der Waals surface area contributed by atoms with Gasteiger partial charge in [0, 0.05) is 49.7 Å². The van der Waals surface area contributed by atoms with Crippen LogP contribution in [0.15, 0.2) is 53.6 Å². The number of aryl methyl sites for hydroxylation is 1.